The van der Waals surface area contributed by atoms with Crippen molar-refractivity contribution >= 4 is 22.7 Å². The largest absolute Gasteiger partial charge is 0.459 e. The summed E-state index contributed by atoms with van der Waals surface area (Å²) in [5.74, 6) is -0.205. The molecule has 3 atom stereocenters. The van der Waals surface area contributed by atoms with E-state index >= 15 is 0 Å². The van der Waals surface area contributed by atoms with E-state index in [0.717, 1.165) is 29.6 Å². The molecule has 1 amide bonds. The third kappa shape index (κ3) is 4.89. The van der Waals surface area contributed by atoms with Crippen molar-refractivity contribution in [1.29, 1.82) is 0 Å². The number of nitrogens with zero attached hydrogens (tertiary/aromatic N) is 3. The summed E-state index contributed by atoms with van der Waals surface area (Å²) in [6.07, 6.45) is 4.43. The highest BCUT2D eigenvalue weighted by atomic mass is 16.7. The number of aliphatic hydroxyl groups is 1. The molecule has 1 N–H and O–H groups in total. The van der Waals surface area contributed by atoms with Crippen LogP contribution in [0.5, 0.6) is 0 Å². The van der Waals surface area contributed by atoms with Crippen molar-refractivity contribution in [2.24, 2.45) is 5.92 Å². The number of aliphatic hydroxyl groups excluding tert-OH is 1. The van der Waals surface area contributed by atoms with E-state index in [-0.39, 0.29) is 30.3 Å². The SMILES string of the molecule is CCO[C@@H]1OC(C(=O)N2CCN(C)CC2)=C[C@H](c2cn(C(C)=O)c3ccccc23)[C@@H]1CCCO. The van der Waals surface area contributed by atoms with Gasteiger partial charge in [-0.05, 0) is 44.5 Å². The summed E-state index contributed by atoms with van der Waals surface area (Å²) >= 11 is 0. The van der Waals surface area contributed by atoms with Gasteiger partial charge in [0.2, 0.25) is 12.2 Å². The van der Waals surface area contributed by atoms with Gasteiger partial charge in [0, 0.05) is 69.7 Å². The molecule has 34 heavy (non-hydrogen) atoms. The molecule has 2 aliphatic heterocycles. The van der Waals surface area contributed by atoms with Gasteiger partial charge in [-0.1, -0.05) is 18.2 Å². The lowest BCUT2D eigenvalue weighted by atomic mass is 9.80. The normalized spacial score (nSPS) is 23.6. The van der Waals surface area contributed by atoms with Crippen molar-refractivity contribution in [2.45, 2.75) is 38.9 Å². The second kappa shape index (κ2) is 10.7. The third-order valence-corrected chi connectivity index (χ3v) is 6.85. The first kappa shape index (κ1) is 24.4. The molecule has 0 radical (unpaired) electrons. The number of aromatic nitrogens is 1. The predicted octanol–water partition coefficient (Wildman–Crippen LogP) is 2.82. The van der Waals surface area contributed by atoms with Crippen LogP contribution in [0.2, 0.25) is 0 Å². The maximum atomic E-state index is 13.4. The molecule has 0 bridgehead atoms. The molecule has 2 aliphatic rings. The molecule has 0 aliphatic carbocycles. The molecular weight excluding hydrogens is 434 g/mol. The number of carbonyl (C=O) groups is 2. The number of carbonyl (C=O) groups excluding carboxylic acids is 2. The van der Waals surface area contributed by atoms with Crippen molar-refractivity contribution in [1.82, 2.24) is 14.4 Å². The first-order chi connectivity index (χ1) is 16.4. The summed E-state index contributed by atoms with van der Waals surface area (Å²) < 4.78 is 13.8. The lowest BCUT2D eigenvalue weighted by molar-refractivity contribution is -0.170. The molecule has 0 unspecified atom stereocenters. The van der Waals surface area contributed by atoms with E-state index in [2.05, 4.69) is 11.9 Å². The van der Waals surface area contributed by atoms with Crippen LogP contribution in [-0.4, -0.2) is 84.0 Å². The molecule has 1 aromatic carbocycles. The van der Waals surface area contributed by atoms with Gasteiger partial charge in [-0.3, -0.25) is 14.2 Å². The van der Waals surface area contributed by atoms with Crippen LogP contribution in [0.25, 0.3) is 10.9 Å². The van der Waals surface area contributed by atoms with Crippen LogP contribution in [0.4, 0.5) is 0 Å². The standard InChI is InChI=1S/C26H35N3O5/c1-4-33-26-20(9-7-15-30)21(16-24(34-26)25(32)28-13-11-27(3)12-14-28)22-17-29(18(2)31)23-10-6-5-8-19(22)23/h5-6,8,10,16-17,20-21,26,30H,4,7,9,11-15H2,1-3H3/t20-,21-,26+/m0/s1. The van der Waals surface area contributed by atoms with Crippen molar-refractivity contribution in [2.75, 3.05) is 46.4 Å². The Morgan fingerprint density at radius 1 is 1.18 bits per heavy atom. The van der Waals surface area contributed by atoms with E-state index < -0.39 is 6.29 Å². The minimum atomic E-state index is -0.614. The van der Waals surface area contributed by atoms with E-state index in [1.807, 2.05) is 48.4 Å². The maximum Gasteiger partial charge on any atom is 0.288 e. The third-order valence-electron chi connectivity index (χ3n) is 6.85. The van der Waals surface area contributed by atoms with E-state index in [4.69, 9.17) is 9.47 Å². The fourth-order valence-corrected chi connectivity index (χ4v) is 5.01. The molecule has 2 aromatic rings. The van der Waals surface area contributed by atoms with Gasteiger partial charge in [0.05, 0.1) is 5.52 Å². The fourth-order valence-electron chi connectivity index (χ4n) is 5.01. The van der Waals surface area contributed by atoms with Crippen molar-refractivity contribution < 1.29 is 24.2 Å². The monoisotopic (exact) mass is 469 g/mol. The van der Waals surface area contributed by atoms with Gasteiger partial charge < -0.3 is 24.4 Å². The summed E-state index contributed by atoms with van der Waals surface area (Å²) in [7, 11) is 2.05. The van der Waals surface area contributed by atoms with E-state index in [9.17, 15) is 14.7 Å². The lowest BCUT2D eigenvalue weighted by Gasteiger charge is -2.39. The number of amides is 1. The van der Waals surface area contributed by atoms with Crippen molar-refractivity contribution in [3.63, 3.8) is 0 Å². The highest BCUT2D eigenvalue weighted by molar-refractivity contribution is 5.95. The highest BCUT2D eigenvalue weighted by Gasteiger charge is 2.40. The molecular formula is C26H35N3O5. The van der Waals surface area contributed by atoms with Crippen LogP contribution in [0.15, 0.2) is 42.3 Å². The fraction of sp³-hybridized carbons (Fsp3) is 0.538. The number of hydrogen-bond donors (Lipinski definition) is 1. The average Bonchev–Trinajstić information content (AvgIpc) is 3.23. The van der Waals surface area contributed by atoms with Gasteiger partial charge in [0.1, 0.15) is 0 Å². The smallest absolute Gasteiger partial charge is 0.288 e. The molecule has 8 nitrogen and oxygen atoms in total. The number of piperazine rings is 1. The number of benzene rings is 1. The second-order valence-corrected chi connectivity index (χ2v) is 9.11. The van der Waals surface area contributed by atoms with Gasteiger partial charge >= 0.3 is 0 Å². The van der Waals surface area contributed by atoms with Gasteiger partial charge in [0.15, 0.2) is 5.76 Å². The Kier molecular flexibility index (Phi) is 7.70. The summed E-state index contributed by atoms with van der Waals surface area (Å²) in [6, 6.07) is 7.81. The molecule has 184 valence electrons. The molecule has 0 spiro atoms. The Bertz CT molecular complexity index is 1050. The summed E-state index contributed by atoms with van der Waals surface area (Å²) in [6.45, 7) is 6.90. The van der Waals surface area contributed by atoms with Crippen LogP contribution < -0.4 is 0 Å². The maximum absolute atomic E-state index is 13.4. The number of hydrogen-bond acceptors (Lipinski definition) is 6. The van der Waals surface area contributed by atoms with Crippen LogP contribution in [0, 0.1) is 5.92 Å². The zero-order valence-electron chi connectivity index (χ0n) is 20.3. The Hall–Kier alpha value is -2.68. The molecule has 4 rings (SSSR count). The summed E-state index contributed by atoms with van der Waals surface area (Å²) in [5.41, 5.74) is 1.80. The summed E-state index contributed by atoms with van der Waals surface area (Å²) in [5, 5.41) is 10.5. The van der Waals surface area contributed by atoms with E-state index in [1.54, 1.807) is 11.5 Å². The Morgan fingerprint density at radius 2 is 1.91 bits per heavy atom. The topological polar surface area (TPSA) is 84.2 Å². The zero-order valence-corrected chi connectivity index (χ0v) is 20.3. The lowest BCUT2D eigenvalue weighted by Crippen LogP contribution is -2.49. The molecule has 1 saturated heterocycles. The van der Waals surface area contributed by atoms with Crippen LogP contribution in [0.1, 0.15) is 43.0 Å². The Labute approximate surface area is 200 Å². The highest BCUT2D eigenvalue weighted by Crippen LogP contribution is 2.42. The predicted molar refractivity (Wildman–Crippen MR) is 129 cm³/mol. The van der Waals surface area contributed by atoms with Crippen molar-refractivity contribution in [3.05, 3.63) is 47.9 Å². The Balaban J connectivity index is 1.78. The average molecular weight is 470 g/mol. The number of allylic oxidation sites excluding steroid dienone is 1. The Morgan fingerprint density at radius 3 is 2.59 bits per heavy atom. The van der Waals surface area contributed by atoms with Crippen LogP contribution in [0.3, 0.4) is 0 Å². The van der Waals surface area contributed by atoms with Crippen molar-refractivity contribution in [3.8, 4) is 0 Å². The number of ether oxygens (including phenoxy) is 2. The minimum absolute atomic E-state index is 0.0636. The molecule has 8 heteroatoms. The zero-order chi connectivity index (χ0) is 24.2. The first-order valence-electron chi connectivity index (χ1n) is 12.1. The first-order valence-corrected chi connectivity index (χ1v) is 12.1. The van der Waals surface area contributed by atoms with Gasteiger partial charge in [-0.15, -0.1) is 0 Å². The summed E-state index contributed by atoms with van der Waals surface area (Å²) in [4.78, 5) is 29.9. The molecule has 1 fully saturated rings. The number of para-hydroxylation sites is 1. The van der Waals surface area contributed by atoms with Gasteiger partial charge in [-0.2, -0.15) is 0 Å². The molecule has 3 heterocycles. The molecule has 0 saturated carbocycles. The van der Waals surface area contributed by atoms with Crippen LogP contribution >= 0.6 is 0 Å². The van der Waals surface area contributed by atoms with Crippen LogP contribution in [-0.2, 0) is 14.3 Å². The number of fused-ring (bicyclic) bond motifs is 1. The quantitative estimate of drug-likeness (QED) is 0.671. The van der Waals surface area contributed by atoms with Gasteiger partial charge in [0.25, 0.3) is 5.91 Å². The minimum Gasteiger partial charge on any atom is -0.459 e. The second-order valence-electron chi connectivity index (χ2n) is 9.11. The number of likely N-dealkylation sites (N-methyl/N-ethyl adjacent to an activating group) is 1. The number of rotatable bonds is 7. The molecule has 1 aromatic heterocycles. The van der Waals surface area contributed by atoms with E-state index in [0.29, 0.717) is 38.3 Å². The van der Waals surface area contributed by atoms with E-state index in [1.165, 1.54) is 0 Å². The van der Waals surface area contributed by atoms with Gasteiger partial charge in [-0.25, -0.2) is 0 Å².